The summed E-state index contributed by atoms with van der Waals surface area (Å²) in [5, 5.41) is 15.8. The maximum atomic E-state index is 4.23. The molecule has 0 aliphatic carbocycles. The third kappa shape index (κ3) is 2.33. The molecule has 18 heavy (non-hydrogen) atoms. The molecular formula is C12H18N6. The number of rotatable bonds is 6. The Balaban J connectivity index is 2.43. The molecule has 0 aromatic carbocycles. The van der Waals surface area contributed by atoms with Crippen molar-refractivity contribution in [1.82, 2.24) is 30.1 Å². The zero-order valence-electron chi connectivity index (χ0n) is 10.8. The monoisotopic (exact) mass is 246 g/mol. The van der Waals surface area contributed by atoms with Crippen molar-refractivity contribution >= 4 is 0 Å². The minimum absolute atomic E-state index is 0.689. The minimum atomic E-state index is 0.689. The molecule has 0 radical (unpaired) electrons. The highest BCUT2D eigenvalue weighted by Gasteiger charge is 2.16. The van der Waals surface area contributed by atoms with Crippen LogP contribution in [0.15, 0.2) is 24.9 Å². The van der Waals surface area contributed by atoms with Crippen LogP contribution >= 0.6 is 0 Å². The number of aryl methyl sites for hydroxylation is 2. The van der Waals surface area contributed by atoms with Gasteiger partial charge < -0.3 is 5.32 Å². The molecule has 1 N–H and O–H groups in total. The first kappa shape index (κ1) is 12.5. The zero-order chi connectivity index (χ0) is 13.0. The fourth-order valence-electron chi connectivity index (χ4n) is 1.89. The van der Waals surface area contributed by atoms with Crippen LogP contribution in [0.25, 0.3) is 11.4 Å². The first-order chi connectivity index (χ1) is 8.77. The van der Waals surface area contributed by atoms with Gasteiger partial charge in [0.05, 0.1) is 5.69 Å². The van der Waals surface area contributed by atoms with Gasteiger partial charge in [-0.25, -0.2) is 4.68 Å². The molecule has 0 fully saturated rings. The lowest BCUT2D eigenvalue weighted by atomic mass is 10.2. The zero-order valence-corrected chi connectivity index (χ0v) is 10.8. The summed E-state index contributed by atoms with van der Waals surface area (Å²) in [5.74, 6) is 0. The Morgan fingerprint density at radius 1 is 1.50 bits per heavy atom. The normalized spacial score (nSPS) is 10.8. The highest BCUT2D eigenvalue weighted by atomic mass is 15.4. The molecule has 2 aromatic rings. The van der Waals surface area contributed by atoms with Gasteiger partial charge in [0.2, 0.25) is 0 Å². The second-order valence-corrected chi connectivity index (χ2v) is 4.06. The van der Waals surface area contributed by atoms with Crippen molar-refractivity contribution in [1.29, 1.82) is 0 Å². The molecule has 0 spiro atoms. The lowest BCUT2D eigenvalue weighted by Gasteiger charge is -2.07. The first-order valence-corrected chi connectivity index (χ1v) is 5.94. The van der Waals surface area contributed by atoms with Crippen molar-refractivity contribution in [3.63, 3.8) is 0 Å². The molecule has 0 atom stereocenters. The molecule has 0 bridgehead atoms. The quantitative estimate of drug-likeness (QED) is 0.772. The van der Waals surface area contributed by atoms with Crippen LogP contribution in [0, 0.1) is 0 Å². The van der Waals surface area contributed by atoms with Crippen LogP contribution < -0.4 is 5.32 Å². The van der Waals surface area contributed by atoms with E-state index < -0.39 is 0 Å². The molecule has 0 unspecified atom stereocenters. The summed E-state index contributed by atoms with van der Waals surface area (Å²) in [4.78, 5) is 0. The van der Waals surface area contributed by atoms with Crippen molar-refractivity contribution in [2.75, 3.05) is 7.05 Å². The lowest BCUT2D eigenvalue weighted by molar-refractivity contribution is 0.598. The molecule has 0 saturated carbocycles. The van der Waals surface area contributed by atoms with Crippen molar-refractivity contribution in [3.05, 3.63) is 30.6 Å². The molecule has 0 amide bonds. The standard InChI is InChI=1S/C12H18N6/c1-4-5-8-18-12(10(9-13-2)15-16-18)11-6-7-14-17(11)3/h4,6-7,13H,1,5,8-9H2,2-3H3. The van der Waals surface area contributed by atoms with Gasteiger partial charge >= 0.3 is 0 Å². The second kappa shape index (κ2) is 5.59. The van der Waals surface area contributed by atoms with Crippen LogP contribution in [0.1, 0.15) is 12.1 Å². The summed E-state index contributed by atoms with van der Waals surface area (Å²) in [6, 6.07) is 1.97. The predicted molar refractivity (Wildman–Crippen MR) is 69.8 cm³/mol. The lowest BCUT2D eigenvalue weighted by Crippen LogP contribution is -2.09. The highest BCUT2D eigenvalue weighted by molar-refractivity contribution is 5.57. The molecule has 2 aromatic heterocycles. The fraction of sp³-hybridized carbons (Fsp3) is 0.417. The molecule has 96 valence electrons. The summed E-state index contributed by atoms with van der Waals surface area (Å²) in [6.45, 7) is 5.21. The molecule has 0 saturated heterocycles. The summed E-state index contributed by atoms with van der Waals surface area (Å²) in [5.41, 5.74) is 2.98. The minimum Gasteiger partial charge on any atom is -0.314 e. The maximum Gasteiger partial charge on any atom is 0.111 e. The van der Waals surface area contributed by atoms with Gasteiger partial charge in [0.25, 0.3) is 0 Å². The molecule has 2 rings (SSSR count). The summed E-state index contributed by atoms with van der Waals surface area (Å²) in [6.07, 6.45) is 4.53. The van der Waals surface area contributed by atoms with E-state index >= 15 is 0 Å². The number of nitrogens with zero attached hydrogens (tertiary/aromatic N) is 5. The van der Waals surface area contributed by atoms with E-state index in [2.05, 4.69) is 27.3 Å². The molecular weight excluding hydrogens is 228 g/mol. The van der Waals surface area contributed by atoms with Gasteiger partial charge in [0.15, 0.2) is 0 Å². The Morgan fingerprint density at radius 3 is 2.94 bits per heavy atom. The van der Waals surface area contributed by atoms with Crippen LogP contribution in [0.3, 0.4) is 0 Å². The number of allylic oxidation sites excluding steroid dienone is 1. The highest BCUT2D eigenvalue weighted by Crippen LogP contribution is 2.21. The van der Waals surface area contributed by atoms with E-state index in [0.29, 0.717) is 6.54 Å². The average molecular weight is 246 g/mol. The number of hydrogen-bond donors (Lipinski definition) is 1. The number of nitrogens with one attached hydrogen (secondary N) is 1. The Kier molecular flexibility index (Phi) is 3.88. The van der Waals surface area contributed by atoms with Crippen molar-refractivity contribution < 1.29 is 0 Å². The van der Waals surface area contributed by atoms with Crippen molar-refractivity contribution in [2.24, 2.45) is 7.05 Å². The van der Waals surface area contributed by atoms with Gasteiger partial charge in [0, 0.05) is 26.3 Å². The average Bonchev–Trinajstić information content (AvgIpc) is 2.93. The molecule has 6 heteroatoms. The summed E-state index contributed by atoms with van der Waals surface area (Å²) in [7, 11) is 3.82. The van der Waals surface area contributed by atoms with Crippen LogP contribution in [0.5, 0.6) is 0 Å². The molecule has 2 heterocycles. The van der Waals surface area contributed by atoms with Crippen LogP contribution in [-0.4, -0.2) is 31.8 Å². The smallest absolute Gasteiger partial charge is 0.111 e. The van der Waals surface area contributed by atoms with Crippen molar-refractivity contribution in [3.8, 4) is 11.4 Å². The van der Waals surface area contributed by atoms with E-state index in [1.165, 1.54) is 0 Å². The Hall–Kier alpha value is -1.95. The Bertz CT molecular complexity index is 524. The van der Waals surface area contributed by atoms with Gasteiger partial charge in [-0.05, 0) is 19.5 Å². The van der Waals surface area contributed by atoms with Gasteiger partial charge in [-0.2, -0.15) is 5.10 Å². The van der Waals surface area contributed by atoms with E-state index in [-0.39, 0.29) is 0 Å². The SMILES string of the molecule is C=CCCn1nnc(CNC)c1-c1ccnn1C. The van der Waals surface area contributed by atoms with Crippen LogP contribution in [0.4, 0.5) is 0 Å². The second-order valence-electron chi connectivity index (χ2n) is 4.06. The first-order valence-electron chi connectivity index (χ1n) is 5.94. The van der Waals surface area contributed by atoms with Gasteiger partial charge in [-0.1, -0.05) is 11.3 Å². The number of aromatic nitrogens is 5. The van der Waals surface area contributed by atoms with Crippen LogP contribution in [0.2, 0.25) is 0 Å². The summed E-state index contributed by atoms with van der Waals surface area (Å²) < 4.78 is 3.74. The van der Waals surface area contributed by atoms with Crippen LogP contribution in [-0.2, 0) is 20.1 Å². The number of hydrogen-bond acceptors (Lipinski definition) is 4. The molecule has 6 nitrogen and oxygen atoms in total. The third-order valence-corrected chi connectivity index (χ3v) is 2.76. The van der Waals surface area contributed by atoms with E-state index in [1.807, 2.05) is 35.6 Å². The van der Waals surface area contributed by atoms with Gasteiger partial charge in [-0.3, -0.25) is 4.68 Å². The fourth-order valence-corrected chi connectivity index (χ4v) is 1.89. The van der Waals surface area contributed by atoms with Gasteiger partial charge in [-0.15, -0.1) is 11.7 Å². The largest absolute Gasteiger partial charge is 0.314 e. The van der Waals surface area contributed by atoms with E-state index in [0.717, 1.165) is 30.0 Å². The third-order valence-electron chi connectivity index (χ3n) is 2.76. The van der Waals surface area contributed by atoms with E-state index in [1.54, 1.807) is 6.20 Å². The molecule has 0 aliphatic heterocycles. The topological polar surface area (TPSA) is 60.6 Å². The maximum absolute atomic E-state index is 4.23. The molecule has 0 aliphatic rings. The van der Waals surface area contributed by atoms with E-state index in [9.17, 15) is 0 Å². The van der Waals surface area contributed by atoms with Crippen molar-refractivity contribution in [2.45, 2.75) is 19.5 Å². The Morgan fingerprint density at radius 2 is 2.33 bits per heavy atom. The Labute approximate surface area is 106 Å². The predicted octanol–water partition coefficient (Wildman–Crippen LogP) is 0.974. The van der Waals surface area contributed by atoms with Gasteiger partial charge in [0.1, 0.15) is 11.4 Å². The summed E-state index contributed by atoms with van der Waals surface area (Å²) >= 11 is 0. The van der Waals surface area contributed by atoms with E-state index in [4.69, 9.17) is 0 Å².